The molecule has 1 aromatic heterocycles. The van der Waals surface area contributed by atoms with Gasteiger partial charge >= 0.3 is 0 Å². The van der Waals surface area contributed by atoms with Crippen molar-refractivity contribution in [3.63, 3.8) is 0 Å². The zero-order valence-corrected chi connectivity index (χ0v) is 17.6. The van der Waals surface area contributed by atoms with E-state index in [-0.39, 0.29) is 11.3 Å². The van der Waals surface area contributed by atoms with Crippen LogP contribution in [0.15, 0.2) is 30.6 Å². The molecule has 5 rings (SSSR count). The van der Waals surface area contributed by atoms with Gasteiger partial charge in [0, 0.05) is 24.9 Å². The molecule has 1 aromatic rings. The predicted molar refractivity (Wildman–Crippen MR) is 112 cm³/mol. The summed E-state index contributed by atoms with van der Waals surface area (Å²) in [7, 11) is 0. The minimum atomic E-state index is 0.265. The Morgan fingerprint density at radius 1 is 1.11 bits per heavy atom. The fourth-order valence-electron chi connectivity index (χ4n) is 8.02. The fraction of sp³-hybridized carbons (Fsp3) is 0.680. The predicted octanol–water partition coefficient (Wildman–Crippen LogP) is 5.23. The van der Waals surface area contributed by atoms with Crippen LogP contribution < -0.4 is 5.32 Å². The van der Waals surface area contributed by atoms with Gasteiger partial charge in [-0.1, -0.05) is 26.0 Å². The lowest BCUT2D eigenvalue weighted by Crippen LogP contribution is -2.54. The van der Waals surface area contributed by atoms with Gasteiger partial charge in [-0.05, 0) is 97.2 Å². The zero-order valence-electron chi connectivity index (χ0n) is 17.6. The van der Waals surface area contributed by atoms with Crippen LogP contribution in [0.5, 0.6) is 0 Å². The Morgan fingerprint density at radius 2 is 1.96 bits per heavy atom. The van der Waals surface area contributed by atoms with Crippen molar-refractivity contribution in [1.29, 1.82) is 0 Å². The Labute approximate surface area is 169 Å². The molecule has 1 aliphatic heterocycles. The van der Waals surface area contributed by atoms with Gasteiger partial charge in [-0.3, -0.25) is 9.78 Å². The van der Waals surface area contributed by atoms with E-state index in [9.17, 15) is 4.79 Å². The van der Waals surface area contributed by atoms with E-state index >= 15 is 0 Å². The van der Waals surface area contributed by atoms with E-state index in [4.69, 9.17) is 0 Å². The van der Waals surface area contributed by atoms with Crippen molar-refractivity contribution in [3.05, 3.63) is 36.2 Å². The van der Waals surface area contributed by atoms with E-state index in [1.807, 2.05) is 12.4 Å². The van der Waals surface area contributed by atoms with Gasteiger partial charge in [0.1, 0.15) is 0 Å². The van der Waals surface area contributed by atoms with Crippen molar-refractivity contribution in [2.45, 2.75) is 71.8 Å². The maximum absolute atomic E-state index is 12.2. The van der Waals surface area contributed by atoms with Crippen molar-refractivity contribution in [2.24, 2.45) is 34.5 Å². The van der Waals surface area contributed by atoms with Gasteiger partial charge in [-0.25, -0.2) is 0 Å². The molecule has 2 heterocycles. The molecule has 0 spiro atoms. The topological polar surface area (TPSA) is 42.0 Å². The van der Waals surface area contributed by atoms with Crippen molar-refractivity contribution in [1.82, 2.24) is 10.3 Å². The summed E-state index contributed by atoms with van der Waals surface area (Å²) in [6.07, 6.45) is 14.6. The highest BCUT2D eigenvalue weighted by Crippen LogP contribution is 2.66. The van der Waals surface area contributed by atoms with Crippen molar-refractivity contribution < 1.29 is 4.79 Å². The minimum Gasteiger partial charge on any atom is -0.353 e. The maximum Gasteiger partial charge on any atom is 0.220 e. The number of carbonyl (C=O) groups excluding carboxylic acids is 1. The number of carbonyl (C=O) groups is 1. The second-order valence-corrected chi connectivity index (χ2v) is 10.5. The molecule has 1 saturated heterocycles. The highest BCUT2D eigenvalue weighted by molar-refractivity contribution is 5.76. The molecule has 3 aliphatic carbocycles. The Kier molecular flexibility index (Phi) is 4.23. The summed E-state index contributed by atoms with van der Waals surface area (Å²) in [5.74, 6) is 3.21. The SMILES string of the molecule is CC1NC(=O)CC[C@@]2(C)C1CCC1C2CC[C@]2(C)C(c3cccnc3)=CCC12. The minimum absolute atomic E-state index is 0.265. The lowest BCUT2D eigenvalue weighted by molar-refractivity contribution is -0.121. The average Bonchev–Trinajstić information content (AvgIpc) is 2.99. The first kappa shape index (κ1) is 18.4. The third-order valence-corrected chi connectivity index (χ3v) is 9.38. The summed E-state index contributed by atoms with van der Waals surface area (Å²) < 4.78 is 0. The summed E-state index contributed by atoms with van der Waals surface area (Å²) in [5, 5.41) is 3.29. The van der Waals surface area contributed by atoms with Gasteiger partial charge in [0.15, 0.2) is 0 Å². The second-order valence-electron chi connectivity index (χ2n) is 10.5. The maximum atomic E-state index is 12.2. The van der Waals surface area contributed by atoms with E-state index < -0.39 is 0 Å². The molecule has 1 amide bonds. The number of hydrogen-bond acceptors (Lipinski definition) is 2. The third kappa shape index (κ3) is 2.54. The van der Waals surface area contributed by atoms with E-state index in [0.29, 0.717) is 23.8 Å². The molecule has 0 bridgehead atoms. The van der Waals surface area contributed by atoms with Gasteiger partial charge < -0.3 is 5.32 Å². The Balaban J connectivity index is 1.46. The molecule has 3 nitrogen and oxygen atoms in total. The van der Waals surface area contributed by atoms with E-state index in [1.54, 1.807) is 5.57 Å². The average molecular weight is 379 g/mol. The summed E-state index contributed by atoms with van der Waals surface area (Å²) >= 11 is 0. The number of allylic oxidation sites excluding steroid dienone is 2. The van der Waals surface area contributed by atoms with E-state index in [2.05, 4.69) is 49.3 Å². The molecule has 2 saturated carbocycles. The van der Waals surface area contributed by atoms with Crippen molar-refractivity contribution >= 4 is 11.5 Å². The van der Waals surface area contributed by atoms with Gasteiger partial charge in [0.25, 0.3) is 0 Å². The van der Waals surface area contributed by atoms with Crippen LogP contribution in [0, 0.1) is 34.5 Å². The Morgan fingerprint density at radius 3 is 2.75 bits per heavy atom. The summed E-state index contributed by atoms with van der Waals surface area (Å²) in [6.45, 7) is 7.30. The highest BCUT2D eigenvalue weighted by Gasteiger charge is 2.58. The third-order valence-electron chi connectivity index (χ3n) is 9.38. The first-order valence-electron chi connectivity index (χ1n) is 11.3. The van der Waals surface area contributed by atoms with Crippen LogP contribution in [-0.2, 0) is 4.79 Å². The van der Waals surface area contributed by atoms with Crippen LogP contribution >= 0.6 is 0 Å². The van der Waals surface area contributed by atoms with Gasteiger partial charge in [0.2, 0.25) is 5.91 Å². The van der Waals surface area contributed by atoms with Crippen LogP contribution in [0.3, 0.4) is 0 Å². The number of fused-ring (bicyclic) bond motifs is 5. The molecule has 5 unspecified atom stereocenters. The van der Waals surface area contributed by atoms with Crippen LogP contribution in [0.2, 0.25) is 0 Å². The zero-order chi connectivity index (χ0) is 19.5. The van der Waals surface area contributed by atoms with Crippen LogP contribution in [0.1, 0.15) is 71.3 Å². The number of amides is 1. The van der Waals surface area contributed by atoms with Gasteiger partial charge in [-0.15, -0.1) is 0 Å². The molecular formula is C25H34N2O. The molecule has 3 fully saturated rings. The van der Waals surface area contributed by atoms with Crippen molar-refractivity contribution in [3.8, 4) is 0 Å². The number of nitrogens with one attached hydrogen (secondary N) is 1. The van der Waals surface area contributed by atoms with Gasteiger partial charge in [-0.2, -0.15) is 0 Å². The monoisotopic (exact) mass is 378 g/mol. The number of nitrogens with zero attached hydrogens (tertiary/aromatic N) is 1. The largest absolute Gasteiger partial charge is 0.353 e. The van der Waals surface area contributed by atoms with Crippen LogP contribution in [0.4, 0.5) is 0 Å². The quantitative estimate of drug-likeness (QED) is 0.727. The lowest BCUT2D eigenvalue weighted by atomic mass is 9.45. The number of pyridine rings is 1. The Hall–Kier alpha value is -1.64. The molecule has 28 heavy (non-hydrogen) atoms. The first-order valence-corrected chi connectivity index (χ1v) is 11.3. The number of rotatable bonds is 1. The molecule has 0 radical (unpaired) electrons. The normalized spacial score (nSPS) is 45.2. The first-order chi connectivity index (χ1) is 13.4. The van der Waals surface area contributed by atoms with Crippen LogP contribution in [0.25, 0.3) is 5.57 Å². The number of hydrogen-bond donors (Lipinski definition) is 1. The summed E-state index contributed by atoms with van der Waals surface area (Å²) in [4.78, 5) is 16.6. The van der Waals surface area contributed by atoms with E-state index in [0.717, 1.165) is 24.2 Å². The van der Waals surface area contributed by atoms with Gasteiger partial charge in [0.05, 0.1) is 0 Å². The smallest absolute Gasteiger partial charge is 0.220 e. The molecule has 7 atom stereocenters. The molecule has 4 aliphatic rings. The number of aromatic nitrogens is 1. The second kappa shape index (κ2) is 6.43. The summed E-state index contributed by atoms with van der Waals surface area (Å²) in [5.41, 5.74) is 3.46. The Bertz CT molecular complexity index is 802. The summed E-state index contributed by atoms with van der Waals surface area (Å²) in [6, 6.07) is 4.63. The highest BCUT2D eigenvalue weighted by atomic mass is 16.1. The molecule has 1 N–H and O–H groups in total. The van der Waals surface area contributed by atoms with E-state index in [1.165, 1.54) is 37.7 Å². The van der Waals surface area contributed by atoms with Crippen LogP contribution in [-0.4, -0.2) is 16.9 Å². The van der Waals surface area contributed by atoms with Crippen molar-refractivity contribution in [2.75, 3.05) is 0 Å². The molecule has 150 valence electrons. The lowest BCUT2D eigenvalue weighted by Gasteiger charge is -2.59. The fourth-order valence-corrected chi connectivity index (χ4v) is 8.02. The molecular weight excluding hydrogens is 344 g/mol. The standard InChI is InChI=1S/C25H34N2O/c1-16-19-7-6-18-21-9-8-20(17-5-4-14-26-15-17)25(21,3)12-10-22(18)24(19,2)13-11-23(28)27-16/h4-5,8,14-16,18-19,21-22H,6-7,9-13H2,1-3H3,(H,27,28)/t16?,18?,19?,21?,22?,24-,25+/m0/s1. The molecule has 0 aromatic carbocycles. The molecule has 3 heteroatoms.